The van der Waals surface area contributed by atoms with E-state index in [0.29, 0.717) is 12.1 Å². The third-order valence-electron chi connectivity index (χ3n) is 3.89. The van der Waals surface area contributed by atoms with Crippen LogP contribution in [0.1, 0.15) is 6.42 Å². The molecule has 0 aliphatic rings. The van der Waals surface area contributed by atoms with E-state index < -0.39 is 10.0 Å². The fraction of sp³-hybridized carbons (Fsp3) is 0.167. The number of aromatic nitrogens is 3. The molecule has 0 fully saturated rings. The summed E-state index contributed by atoms with van der Waals surface area (Å²) in [5, 5.41) is 4.45. The zero-order valence-electron chi connectivity index (χ0n) is 14.5. The van der Waals surface area contributed by atoms with Gasteiger partial charge in [0.2, 0.25) is 10.0 Å². The van der Waals surface area contributed by atoms with Gasteiger partial charge in [0.15, 0.2) is 0 Å². The number of nitrogens with zero attached hydrogens (tertiary/aromatic N) is 3. The van der Waals surface area contributed by atoms with Gasteiger partial charge in [-0.2, -0.15) is 5.10 Å². The molecule has 1 N–H and O–H groups in total. The molecule has 146 valence electrons. The number of sulfonamides is 1. The Balaban J connectivity index is 1.65. The fourth-order valence-electron chi connectivity index (χ4n) is 2.49. The second-order valence-electron chi connectivity index (χ2n) is 5.82. The number of benzene rings is 1. The van der Waals surface area contributed by atoms with E-state index in [1.54, 1.807) is 30.6 Å². The molecule has 28 heavy (non-hydrogen) atoms. The lowest BCUT2D eigenvalue weighted by atomic mass is 10.2. The predicted octanol–water partition coefficient (Wildman–Crippen LogP) is 2.98. The Hall–Kier alpha value is -2.26. The first-order valence-electron chi connectivity index (χ1n) is 8.31. The van der Waals surface area contributed by atoms with E-state index in [1.165, 1.54) is 28.9 Å². The summed E-state index contributed by atoms with van der Waals surface area (Å²) >= 11 is 11.8. The summed E-state index contributed by atoms with van der Waals surface area (Å²) in [5.41, 5.74) is 1.20. The molecule has 10 heteroatoms. The van der Waals surface area contributed by atoms with E-state index in [4.69, 9.17) is 23.2 Å². The maximum Gasteiger partial charge on any atom is 0.266 e. The van der Waals surface area contributed by atoms with Crippen LogP contribution in [-0.2, 0) is 16.6 Å². The van der Waals surface area contributed by atoms with Crippen LogP contribution in [0.5, 0.6) is 0 Å². The van der Waals surface area contributed by atoms with Gasteiger partial charge in [0.1, 0.15) is 4.90 Å². The fourth-order valence-corrected chi connectivity index (χ4v) is 4.32. The van der Waals surface area contributed by atoms with Crippen molar-refractivity contribution in [2.75, 3.05) is 6.54 Å². The van der Waals surface area contributed by atoms with Gasteiger partial charge in [-0.25, -0.2) is 17.8 Å². The van der Waals surface area contributed by atoms with Gasteiger partial charge in [0.25, 0.3) is 5.56 Å². The van der Waals surface area contributed by atoms with Crippen LogP contribution in [-0.4, -0.2) is 29.7 Å². The van der Waals surface area contributed by atoms with Gasteiger partial charge in [-0.3, -0.25) is 9.78 Å². The maximum atomic E-state index is 12.4. The summed E-state index contributed by atoms with van der Waals surface area (Å²) in [6.45, 7) is 0.363. The Morgan fingerprint density at radius 1 is 1.04 bits per heavy atom. The van der Waals surface area contributed by atoms with Crippen LogP contribution in [0.25, 0.3) is 11.3 Å². The van der Waals surface area contributed by atoms with Gasteiger partial charge in [-0.1, -0.05) is 29.3 Å². The minimum atomic E-state index is -3.81. The molecule has 0 amide bonds. The van der Waals surface area contributed by atoms with Gasteiger partial charge < -0.3 is 0 Å². The Morgan fingerprint density at radius 3 is 2.54 bits per heavy atom. The summed E-state index contributed by atoms with van der Waals surface area (Å²) in [5.74, 6) is 0. The molecule has 1 aromatic carbocycles. The van der Waals surface area contributed by atoms with Gasteiger partial charge in [-0.05, 0) is 36.8 Å². The quantitative estimate of drug-likeness (QED) is 0.572. The highest BCUT2D eigenvalue weighted by atomic mass is 35.5. The second kappa shape index (κ2) is 8.83. The largest absolute Gasteiger partial charge is 0.268 e. The first-order chi connectivity index (χ1) is 13.4. The average molecular weight is 439 g/mol. The topological polar surface area (TPSA) is 93.9 Å². The van der Waals surface area contributed by atoms with Gasteiger partial charge in [-0.15, -0.1) is 0 Å². The number of halogens is 2. The summed E-state index contributed by atoms with van der Waals surface area (Å²) in [6.07, 6.45) is 3.65. The molecule has 0 radical (unpaired) electrons. The molecule has 7 nitrogen and oxygen atoms in total. The minimum absolute atomic E-state index is 0.0281. The minimum Gasteiger partial charge on any atom is -0.268 e. The molecule has 0 aliphatic heterocycles. The van der Waals surface area contributed by atoms with Crippen LogP contribution in [0.4, 0.5) is 0 Å². The number of nitrogens with one attached hydrogen (secondary N) is 1. The first kappa shape index (κ1) is 20.5. The number of hydrogen-bond acceptors (Lipinski definition) is 5. The van der Waals surface area contributed by atoms with Crippen molar-refractivity contribution in [3.05, 3.63) is 75.3 Å². The summed E-state index contributed by atoms with van der Waals surface area (Å²) in [6, 6.07) is 11.0. The molecule has 0 aliphatic carbocycles. The molecule has 3 aromatic rings. The molecular formula is C18H16Cl2N4O3S. The smallest absolute Gasteiger partial charge is 0.266 e. The Morgan fingerprint density at radius 2 is 1.79 bits per heavy atom. The van der Waals surface area contributed by atoms with E-state index in [1.807, 2.05) is 0 Å². The maximum absolute atomic E-state index is 12.4. The highest BCUT2D eigenvalue weighted by molar-refractivity contribution is 7.89. The Kier molecular flexibility index (Phi) is 6.46. The standard InChI is InChI=1S/C18H16Cl2N4O3S/c19-14-3-1-4-16(18(14)20)28(26,27)22-9-2-12-24-17(25)6-5-15(23-24)13-7-10-21-11-8-13/h1,3-8,10-11,22H,2,9,12H2. The Bertz CT molecular complexity index is 1140. The number of hydrogen-bond donors (Lipinski definition) is 1. The molecule has 0 bridgehead atoms. The predicted molar refractivity (Wildman–Crippen MR) is 108 cm³/mol. The van der Waals surface area contributed by atoms with E-state index in [2.05, 4.69) is 14.8 Å². The number of aryl methyl sites for hydroxylation is 1. The van der Waals surface area contributed by atoms with Crippen molar-refractivity contribution < 1.29 is 8.42 Å². The van der Waals surface area contributed by atoms with Crippen LogP contribution >= 0.6 is 23.2 Å². The van der Waals surface area contributed by atoms with E-state index in [9.17, 15) is 13.2 Å². The number of rotatable bonds is 7. The third kappa shape index (κ3) is 4.77. The van der Waals surface area contributed by atoms with Gasteiger partial charge in [0, 0.05) is 37.1 Å². The second-order valence-corrected chi connectivity index (χ2v) is 8.34. The zero-order valence-corrected chi connectivity index (χ0v) is 16.9. The molecule has 3 rings (SSSR count). The molecule has 2 aromatic heterocycles. The van der Waals surface area contributed by atoms with E-state index in [0.717, 1.165) is 5.56 Å². The summed E-state index contributed by atoms with van der Waals surface area (Å²) in [7, 11) is -3.81. The lowest BCUT2D eigenvalue weighted by molar-refractivity contribution is 0.537. The van der Waals surface area contributed by atoms with E-state index >= 15 is 0 Å². The average Bonchev–Trinajstić information content (AvgIpc) is 2.69. The summed E-state index contributed by atoms with van der Waals surface area (Å²) < 4.78 is 28.5. The summed E-state index contributed by atoms with van der Waals surface area (Å²) in [4.78, 5) is 15.9. The van der Waals surface area contributed by atoms with Crippen LogP contribution in [0.2, 0.25) is 10.0 Å². The third-order valence-corrected chi connectivity index (χ3v) is 6.32. The first-order valence-corrected chi connectivity index (χ1v) is 10.5. The van der Waals surface area contributed by atoms with Crippen LogP contribution in [0.15, 0.2) is 64.5 Å². The zero-order chi connectivity index (χ0) is 20.1. The SMILES string of the molecule is O=c1ccc(-c2ccncc2)nn1CCCNS(=O)(=O)c1cccc(Cl)c1Cl. The van der Waals surface area contributed by atoms with Crippen molar-refractivity contribution in [1.29, 1.82) is 0 Å². The van der Waals surface area contributed by atoms with Crippen molar-refractivity contribution >= 4 is 33.2 Å². The van der Waals surface area contributed by atoms with Crippen molar-refractivity contribution in [2.24, 2.45) is 0 Å². The number of pyridine rings is 1. The van der Waals surface area contributed by atoms with Gasteiger partial charge >= 0.3 is 0 Å². The van der Waals surface area contributed by atoms with Crippen LogP contribution in [0.3, 0.4) is 0 Å². The molecule has 0 spiro atoms. The molecule has 0 saturated heterocycles. The highest BCUT2D eigenvalue weighted by Crippen LogP contribution is 2.28. The van der Waals surface area contributed by atoms with Crippen molar-refractivity contribution in [2.45, 2.75) is 17.9 Å². The molecule has 0 saturated carbocycles. The van der Waals surface area contributed by atoms with Crippen molar-refractivity contribution in [3.63, 3.8) is 0 Å². The van der Waals surface area contributed by atoms with E-state index in [-0.39, 0.29) is 33.6 Å². The normalized spacial score (nSPS) is 11.5. The van der Waals surface area contributed by atoms with Crippen LogP contribution < -0.4 is 10.3 Å². The molecule has 0 atom stereocenters. The lowest BCUT2D eigenvalue weighted by Gasteiger charge is -2.10. The van der Waals surface area contributed by atoms with Gasteiger partial charge in [0.05, 0.1) is 15.7 Å². The highest BCUT2D eigenvalue weighted by Gasteiger charge is 2.18. The Labute approximate surface area is 172 Å². The van der Waals surface area contributed by atoms with Crippen LogP contribution in [0, 0.1) is 0 Å². The lowest BCUT2D eigenvalue weighted by Crippen LogP contribution is -2.28. The van der Waals surface area contributed by atoms with Crippen molar-refractivity contribution in [1.82, 2.24) is 19.5 Å². The molecular weight excluding hydrogens is 423 g/mol. The molecule has 2 heterocycles. The molecule has 0 unspecified atom stereocenters. The monoisotopic (exact) mass is 438 g/mol. The van der Waals surface area contributed by atoms with Crippen molar-refractivity contribution in [3.8, 4) is 11.3 Å².